The van der Waals surface area contributed by atoms with Gasteiger partial charge in [-0.25, -0.2) is 0 Å². The Balaban J connectivity index is 2.27. The molecule has 0 aromatic rings. The molecule has 3 nitrogen and oxygen atoms in total. The summed E-state index contributed by atoms with van der Waals surface area (Å²) in [5, 5.41) is 3.70. The minimum atomic E-state index is 0.212. The van der Waals surface area contributed by atoms with E-state index in [-0.39, 0.29) is 5.54 Å². The normalized spacial score (nSPS) is 33.1. The zero-order valence-corrected chi connectivity index (χ0v) is 13.0. The predicted molar refractivity (Wildman–Crippen MR) is 80.2 cm³/mol. The van der Waals surface area contributed by atoms with Crippen LogP contribution in [0, 0.1) is 5.92 Å². The lowest BCUT2D eigenvalue weighted by Gasteiger charge is -2.50. The minimum Gasteiger partial charge on any atom is -0.496 e. The van der Waals surface area contributed by atoms with Crippen molar-refractivity contribution in [3.05, 3.63) is 11.8 Å². The number of rotatable bonds is 5. The second-order valence-electron chi connectivity index (χ2n) is 6.43. The average molecular weight is 266 g/mol. The fourth-order valence-electron chi connectivity index (χ4n) is 3.89. The van der Waals surface area contributed by atoms with Crippen LogP contribution >= 0.6 is 0 Å². The van der Waals surface area contributed by atoms with E-state index >= 15 is 0 Å². The zero-order chi connectivity index (χ0) is 13.9. The van der Waals surface area contributed by atoms with E-state index in [1.54, 1.807) is 0 Å². The first-order chi connectivity index (χ1) is 9.10. The Hall–Kier alpha value is -0.540. The number of hydrogen-bond acceptors (Lipinski definition) is 3. The van der Waals surface area contributed by atoms with E-state index in [1.165, 1.54) is 31.4 Å². The van der Waals surface area contributed by atoms with Gasteiger partial charge >= 0.3 is 0 Å². The minimum absolute atomic E-state index is 0.212. The van der Waals surface area contributed by atoms with Gasteiger partial charge in [0.2, 0.25) is 0 Å². The Morgan fingerprint density at radius 1 is 1.53 bits per heavy atom. The second-order valence-corrected chi connectivity index (χ2v) is 6.43. The molecule has 0 aromatic carbocycles. The molecule has 1 heterocycles. The summed E-state index contributed by atoms with van der Waals surface area (Å²) in [5.74, 6) is 1.99. The van der Waals surface area contributed by atoms with Crippen molar-refractivity contribution >= 4 is 0 Å². The van der Waals surface area contributed by atoms with Crippen molar-refractivity contribution < 1.29 is 4.74 Å². The lowest BCUT2D eigenvalue weighted by molar-refractivity contribution is 0.0299. The fraction of sp³-hybridized carbons (Fsp3) is 0.875. The van der Waals surface area contributed by atoms with E-state index < -0.39 is 0 Å². The summed E-state index contributed by atoms with van der Waals surface area (Å²) in [7, 11) is 4.47. The molecule has 2 rings (SSSR count). The number of nitrogens with zero attached hydrogens (tertiary/aromatic N) is 1. The van der Waals surface area contributed by atoms with Crippen molar-refractivity contribution in [2.24, 2.45) is 5.92 Å². The molecule has 2 aliphatic rings. The van der Waals surface area contributed by atoms with E-state index in [4.69, 9.17) is 4.74 Å². The summed E-state index contributed by atoms with van der Waals surface area (Å²) in [6, 6.07) is 0.345. The Bertz CT molecular complexity index is 327. The molecule has 0 bridgehead atoms. The van der Waals surface area contributed by atoms with Crippen LogP contribution in [0.2, 0.25) is 0 Å². The molecule has 0 amide bonds. The summed E-state index contributed by atoms with van der Waals surface area (Å²) in [6.07, 6.45) is 8.58. The van der Waals surface area contributed by atoms with Gasteiger partial charge in [-0.2, -0.15) is 0 Å². The maximum atomic E-state index is 5.90. The quantitative estimate of drug-likeness (QED) is 0.828. The molecule has 3 heteroatoms. The van der Waals surface area contributed by atoms with Crippen LogP contribution in [0.1, 0.15) is 46.0 Å². The maximum Gasteiger partial charge on any atom is 0.111 e. The number of hydrogen-bond donors (Lipinski definition) is 1. The van der Waals surface area contributed by atoms with E-state index in [0.29, 0.717) is 6.04 Å². The SMILES string of the molecule is CCNC(C1=CCCO1)C1(N(C)C)CCCC(C)C1. The summed E-state index contributed by atoms with van der Waals surface area (Å²) < 4.78 is 5.90. The topological polar surface area (TPSA) is 24.5 Å². The maximum absolute atomic E-state index is 5.90. The van der Waals surface area contributed by atoms with Crippen molar-refractivity contribution in [1.82, 2.24) is 10.2 Å². The summed E-state index contributed by atoms with van der Waals surface area (Å²) in [5.41, 5.74) is 0.212. The van der Waals surface area contributed by atoms with Crippen LogP contribution in [0.25, 0.3) is 0 Å². The molecule has 1 aliphatic heterocycles. The highest BCUT2D eigenvalue weighted by atomic mass is 16.5. The Labute approximate surface area is 118 Å². The standard InChI is InChI=1S/C16H30N2O/c1-5-17-15(14-9-7-11-19-14)16(18(3)4)10-6-8-13(2)12-16/h9,13,15,17H,5-8,10-12H2,1-4H3. The molecule has 0 radical (unpaired) electrons. The van der Waals surface area contributed by atoms with Gasteiger partial charge in [0, 0.05) is 12.0 Å². The van der Waals surface area contributed by atoms with Crippen LogP contribution in [0.15, 0.2) is 11.8 Å². The molecule has 1 aliphatic carbocycles. The molecule has 110 valence electrons. The molecule has 0 aromatic heterocycles. The molecule has 0 spiro atoms. The van der Waals surface area contributed by atoms with Crippen molar-refractivity contribution in [3.8, 4) is 0 Å². The lowest BCUT2D eigenvalue weighted by atomic mass is 9.70. The summed E-state index contributed by atoms with van der Waals surface area (Å²) in [6.45, 7) is 6.44. The van der Waals surface area contributed by atoms with E-state index in [9.17, 15) is 0 Å². The Morgan fingerprint density at radius 2 is 2.32 bits per heavy atom. The highest BCUT2D eigenvalue weighted by molar-refractivity contribution is 5.18. The van der Waals surface area contributed by atoms with Gasteiger partial charge in [0.05, 0.1) is 12.6 Å². The van der Waals surface area contributed by atoms with Gasteiger partial charge in [-0.05, 0) is 45.5 Å². The largest absolute Gasteiger partial charge is 0.496 e. The van der Waals surface area contributed by atoms with Gasteiger partial charge in [0.1, 0.15) is 5.76 Å². The van der Waals surface area contributed by atoms with Gasteiger partial charge in [0.15, 0.2) is 0 Å². The first-order valence-electron chi connectivity index (χ1n) is 7.84. The first-order valence-corrected chi connectivity index (χ1v) is 7.84. The number of ether oxygens (including phenoxy) is 1. The summed E-state index contributed by atoms with van der Waals surface area (Å²) >= 11 is 0. The second kappa shape index (κ2) is 6.27. The fourth-order valence-corrected chi connectivity index (χ4v) is 3.89. The third kappa shape index (κ3) is 2.97. The van der Waals surface area contributed by atoms with Crippen LogP contribution < -0.4 is 5.32 Å². The van der Waals surface area contributed by atoms with Crippen molar-refractivity contribution in [2.75, 3.05) is 27.2 Å². The zero-order valence-electron chi connectivity index (χ0n) is 13.0. The molecule has 19 heavy (non-hydrogen) atoms. The van der Waals surface area contributed by atoms with Crippen LogP contribution in [-0.2, 0) is 4.74 Å². The van der Waals surface area contributed by atoms with Crippen molar-refractivity contribution in [1.29, 1.82) is 0 Å². The van der Waals surface area contributed by atoms with Gasteiger partial charge in [-0.15, -0.1) is 0 Å². The van der Waals surface area contributed by atoms with E-state index in [0.717, 1.165) is 25.5 Å². The van der Waals surface area contributed by atoms with Crippen molar-refractivity contribution in [2.45, 2.75) is 57.5 Å². The van der Waals surface area contributed by atoms with Gasteiger partial charge in [-0.3, -0.25) is 0 Å². The van der Waals surface area contributed by atoms with Crippen LogP contribution in [-0.4, -0.2) is 43.7 Å². The van der Waals surface area contributed by atoms with E-state index in [1.807, 2.05) is 0 Å². The smallest absolute Gasteiger partial charge is 0.111 e. The molecular formula is C16H30N2O. The van der Waals surface area contributed by atoms with Crippen LogP contribution in [0.3, 0.4) is 0 Å². The monoisotopic (exact) mass is 266 g/mol. The molecule has 3 atom stereocenters. The molecule has 0 saturated heterocycles. The van der Waals surface area contributed by atoms with Crippen LogP contribution in [0.4, 0.5) is 0 Å². The molecular weight excluding hydrogens is 236 g/mol. The van der Waals surface area contributed by atoms with Gasteiger partial charge < -0.3 is 15.0 Å². The average Bonchev–Trinajstić information content (AvgIpc) is 2.89. The molecule has 1 fully saturated rings. The predicted octanol–water partition coefficient (Wildman–Crippen LogP) is 2.78. The number of likely N-dealkylation sites (N-methyl/N-ethyl adjacent to an activating group) is 2. The highest BCUT2D eigenvalue weighted by Crippen LogP contribution is 2.41. The van der Waals surface area contributed by atoms with E-state index in [2.05, 4.69) is 44.2 Å². The molecule has 1 N–H and O–H groups in total. The third-order valence-electron chi connectivity index (χ3n) is 4.86. The van der Waals surface area contributed by atoms with Crippen LogP contribution in [0.5, 0.6) is 0 Å². The first kappa shape index (κ1) is 14.9. The Morgan fingerprint density at radius 3 is 2.84 bits per heavy atom. The summed E-state index contributed by atoms with van der Waals surface area (Å²) in [4.78, 5) is 2.44. The Kier molecular flexibility index (Phi) is 4.91. The molecule has 1 saturated carbocycles. The van der Waals surface area contributed by atoms with Crippen molar-refractivity contribution in [3.63, 3.8) is 0 Å². The third-order valence-corrected chi connectivity index (χ3v) is 4.86. The highest BCUT2D eigenvalue weighted by Gasteiger charge is 2.46. The van der Waals surface area contributed by atoms with Gasteiger partial charge in [0.25, 0.3) is 0 Å². The molecule has 3 unspecified atom stereocenters. The lowest BCUT2D eigenvalue weighted by Crippen LogP contribution is -2.61. The van der Waals surface area contributed by atoms with Gasteiger partial charge in [-0.1, -0.05) is 26.7 Å². The number of nitrogens with one attached hydrogen (secondary N) is 1.